The Balaban J connectivity index is 3.67. The molecule has 14 heavy (non-hydrogen) atoms. The molecule has 1 atom stereocenters. The molecule has 0 amide bonds. The average Bonchev–Trinajstić information content (AvgIpc) is 2.16. The fourth-order valence-electron chi connectivity index (χ4n) is 1.61. The number of rotatable bonds is 8. The number of hydrogen-bond acceptors (Lipinski definition) is 1. The molecule has 0 aliphatic heterocycles. The first-order valence-electron chi connectivity index (χ1n) is 5.73. The predicted octanol–water partition coefficient (Wildman–Crippen LogP) is 3.62. The molecule has 0 spiro atoms. The Bertz CT molecular complexity index is 166. The average molecular weight is 195 g/mol. The molecule has 1 heteroatoms. The zero-order valence-corrected chi connectivity index (χ0v) is 10.1. The molecule has 82 valence electrons. The molecular formula is C13H25N. The molecule has 1 nitrogen and oxygen atoms in total. The second kappa shape index (κ2) is 9.05. The van der Waals surface area contributed by atoms with Gasteiger partial charge in [-0.05, 0) is 33.0 Å². The summed E-state index contributed by atoms with van der Waals surface area (Å²) in [4.78, 5) is 2.31. The van der Waals surface area contributed by atoms with Gasteiger partial charge in [-0.1, -0.05) is 39.2 Å². The van der Waals surface area contributed by atoms with E-state index in [1.165, 1.54) is 32.1 Å². The van der Waals surface area contributed by atoms with Gasteiger partial charge in [0.15, 0.2) is 0 Å². The summed E-state index contributed by atoms with van der Waals surface area (Å²) >= 11 is 0. The Kier molecular flexibility index (Phi) is 8.72. The minimum atomic E-state index is 0.668. The van der Waals surface area contributed by atoms with E-state index in [-0.39, 0.29) is 0 Å². The first-order chi connectivity index (χ1) is 6.72. The normalized spacial score (nSPS) is 12.6. The van der Waals surface area contributed by atoms with Crippen LogP contribution in [-0.2, 0) is 0 Å². The maximum absolute atomic E-state index is 3.60. The van der Waals surface area contributed by atoms with Gasteiger partial charge in [0.05, 0.1) is 0 Å². The van der Waals surface area contributed by atoms with Crippen LogP contribution in [-0.4, -0.2) is 25.0 Å². The zero-order valence-electron chi connectivity index (χ0n) is 10.1. The Morgan fingerprint density at radius 3 is 2.50 bits per heavy atom. The van der Waals surface area contributed by atoms with Crippen molar-refractivity contribution in [3.63, 3.8) is 0 Å². The summed E-state index contributed by atoms with van der Waals surface area (Å²) in [5.74, 6) is 0. The molecule has 0 aromatic heterocycles. The topological polar surface area (TPSA) is 3.24 Å². The van der Waals surface area contributed by atoms with Gasteiger partial charge in [0.25, 0.3) is 0 Å². The van der Waals surface area contributed by atoms with Gasteiger partial charge in [0.1, 0.15) is 0 Å². The van der Waals surface area contributed by atoms with Crippen molar-refractivity contribution < 1.29 is 0 Å². The van der Waals surface area contributed by atoms with E-state index in [9.17, 15) is 0 Å². The van der Waals surface area contributed by atoms with Gasteiger partial charge in [0, 0.05) is 6.04 Å². The van der Waals surface area contributed by atoms with Crippen molar-refractivity contribution in [2.24, 2.45) is 0 Å². The number of unbranched alkanes of at least 4 members (excludes halogenated alkanes) is 3. The van der Waals surface area contributed by atoms with E-state index >= 15 is 0 Å². The van der Waals surface area contributed by atoms with Gasteiger partial charge < -0.3 is 4.90 Å². The molecule has 0 heterocycles. The molecule has 0 rings (SSSR count). The molecule has 1 unspecified atom stereocenters. The highest BCUT2D eigenvalue weighted by molar-refractivity contribution is 4.82. The lowest BCUT2D eigenvalue weighted by atomic mass is 10.0. The standard InChI is InChI=1S/C13H25N/c1-5-7-9-10-12-13(14(3)4)11-8-6-2/h8,13H,2,5,7,9-12H2,1,3-4H3. The lowest BCUT2D eigenvalue weighted by Gasteiger charge is -2.22. The quantitative estimate of drug-likeness (QED) is 0.422. The highest BCUT2D eigenvalue weighted by Crippen LogP contribution is 2.12. The van der Waals surface area contributed by atoms with Crippen molar-refractivity contribution in [1.29, 1.82) is 0 Å². The van der Waals surface area contributed by atoms with E-state index in [1.54, 1.807) is 0 Å². The van der Waals surface area contributed by atoms with Crippen LogP contribution in [0.25, 0.3) is 0 Å². The van der Waals surface area contributed by atoms with Crippen LogP contribution < -0.4 is 0 Å². The second-order valence-electron chi connectivity index (χ2n) is 4.11. The van der Waals surface area contributed by atoms with Crippen LogP contribution in [0.15, 0.2) is 18.4 Å². The summed E-state index contributed by atoms with van der Waals surface area (Å²) < 4.78 is 0. The van der Waals surface area contributed by atoms with Crippen LogP contribution in [0.4, 0.5) is 0 Å². The molecule has 0 N–H and O–H groups in total. The lowest BCUT2D eigenvalue weighted by Crippen LogP contribution is -2.27. The van der Waals surface area contributed by atoms with Crippen LogP contribution in [0, 0.1) is 0 Å². The van der Waals surface area contributed by atoms with Gasteiger partial charge in [0.2, 0.25) is 0 Å². The summed E-state index contributed by atoms with van der Waals surface area (Å²) in [6.07, 6.45) is 9.84. The van der Waals surface area contributed by atoms with Crippen molar-refractivity contribution in [3.8, 4) is 0 Å². The monoisotopic (exact) mass is 195 g/mol. The Morgan fingerprint density at radius 1 is 1.29 bits per heavy atom. The van der Waals surface area contributed by atoms with Crippen LogP contribution in [0.2, 0.25) is 0 Å². The molecule has 0 aromatic carbocycles. The van der Waals surface area contributed by atoms with Gasteiger partial charge in [-0.2, -0.15) is 0 Å². The Morgan fingerprint density at radius 2 is 2.00 bits per heavy atom. The van der Waals surface area contributed by atoms with Crippen molar-refractivity contribution in [1.82, 2.24) is 4.90 Å². The van der Waals surface area contributed by atoms with Crippen molar-refractivity contribution in [3.05, 3.63) is 18.4 Å². The third kappa shape index (κ3) is 6.94. The smallest absolute Gasteiger partial charge is 0.0130 e. The first kappa shape index (κ1) is 13.5. The van der Waals surface area contributed by atoms with Gasteiger partial charge in [-0.25, -0.2) is 0 Å². The predicted molar refractivity (Wildman–Crippen MR) is 64.6 cm³/mol. The van der Waals surface area contributed by atoms with E-state index in [2.05, 4.69) is 38.2 Å². The third-order valence-electron chi connectivity index (χ3n) is 2.66. The molecule has 0 fully saturated rings. The van der Waals surface area contributed by atoms with E-state index in [4.69, 9.17) is 0 Å². The Hall–Kier alpha value is -0.520. The first-order valence-corrected chi connectivity index (χ1v) is 5.73. The van der Waals surface area contributed by atoms with Crippen LogP contribution >= 0.6 is 0 Å². The summed E-state index contributed by atoms with van der Waals surface area (Å²) in [5, 5.41) is 0. The number of nitrogens with zero attached hydrogens (tertiary/aromatic N) is 1. The molecule has 0 radical (unpaired) electrons. The van der Waals surface area contributed by atoms with E-state index < -0.39 is 0 Å². The molecule has 0 saturated carbocycles. The lowest BCUT2D eigenvalue weighted by molar-refractivity contribution is 0.273. The fraction of sp³-hybridized carbons (Fsp3) is 0.769. The van der Waals surface area contributed by atoms with Crippen LogP contribution in [0.3, 0.4) is 0 Å². The van der Waals surface area contributed by atoms with Gasteiger partial charge in [-0.3, -0.25) is 0 Å². The molecule has 0 bridgehead atoms. The van der Waals surface area contributed by atoms with Gasteiger partial charge >= 0.3 is 0 Å². The van der Waals surface area contributed by atoms with Crippen molar-refractivity contribution in [2.45, 2.75) is 51.5 Å². The maximum Gasteiger partial charge on any atom is 0.0130 e. The molecule has 0 aromatic rings. The molecular weight excluding hydrogens is 170 g/mol. The van der Waals surface area contributed by atoms with Crippen molar-refractivity contribution in [2.75, 3.05) is 14.1 Å². The van der Waals surface area contributed by atoms with Crippen LogP contribution in [0.1, 0.15) is 45.4 Å². The summed E-state index contributed by atoms with van der Waals surface area (Å²) in [7, 11) is 4.31. The molecule has 0 saturated heterocycles. The van der Waals surface area contributed by atoms with Crippen LogP contribution in [0.5, 0.6) is 0 Å². The third-order valence-corrected chi connectivity index (χ3v) is 2.66. The van der Waals surface area contributed by atoms with E-state index in [0.717, 1.165) is 6.42 Å². The highest BCUT2D eigenvalue weighted by atomic mass is 15.1. The second-order valence-corrected chi connectivity index (χ2v) is 4.11. The summed E-state index contributed by atoms with van der Waals surface area (Å²) in [6, 6.07) is 0.668. The Labute approximate surface area is 89.5 Å². The zero-order chi connectivity index (χ0) is 10.8. The van der Waals surface area contributed by atoms with E-state index in [1.807, 2.05) is 6.08 Å². The van der Waals surface area contributed by atoms with E-state index in [0.29, 0.717) is 6.04 Å². The molecule has 0 aliphatic carbocycles. The van der Waals surface area contributed by atoms with Gasteiger partial charge in [-0.15, -0.1) is 5.73 Å². The number of hydrogen-bond donors (Lipinski definition) is 0. The largest absolute Gasteiger partial charge is 0.306 e. The SMILES string of the molecule is C=C=CCC(CCCCCC)N(C)C. The summed E-state index contributed by atoms with van der Waals surface area (Å²) in [6.45, 7) is 5.86. The molecule has 0 aliphatic rings. The van der Waals surface area contributed by atoms with Crippen molar-refractivity contribution >= 4 is 0 Å². The highest BCUT2D eigenvalue weighted by Gasteiger charge is 2.08. The summed E-state index contributed by atoms with van der Waals surface area (Å²) in [5.41, 5.74) is 2.85. The fourth-order valence-corrected chi connectivity index (χ4v) is 1.61. The minimum Gasteiger partial charge on any atom is -0.306 e. The minimum absolute atomic E-state index is 0.668. The maximum atomic E-state index is 3.60.